The Morgan fingerprint density at radius 3 is 2.44 bits per heavy atom. The van der Waals surface area contributed by atoms with E-state index in [0.717, 1.165) is 6.26 Å². The predicted molar refractivity (Wildman–Crippen MR) is 62.2 cm³/mol. The second-order valence-corrected chi connectivity index (χ2v) is 5.80. The van der Waals surface area contributed by atoms with Crippen molar-refractivity contribution < 1.29 is 18.3 Å². The van der Waals surface area contributed by atoms with E-state index in [0.29, 0.717) is 17.1 Å². The highest BCUT2D eigenvalue weighted by Crippen LogP contribution is 2.13. The minimum Gasteiger partial charge on any atom is -0.392 e. The first-order chi connectivity index (χ1) is 7.21. The quantitative estimate of drug-likeness (QED) is 0.690. The molecule has 5 nitrogen and oxygen atoms in total. The van der Waals surface area contributed by atoms with Gasteiger partial charge in [-0.15, -0.1) is 6.58 Å². The Bertz CT molecular complexity index is 350. The molecule has 16 heavy (non-hydrogen) atoms. The molecule has 0 bridgehead atoms. The molecule has 0 saturated carbocycles. The van der Waals surface area contributed by atoms with Crippen molar-refractivity contribution in [2.75, 3.05) is 13.3 Å². The summed E-state index contributed by atoms with van der Waals surface area (Å²) in [5, 5.41) is 9.64. The molecule has 0 spiro atoms. The molecule has 94 valence electrons. The van der Waals surface area contributed by atoms with E-state index in [-0.39, 0.29) is 0 Å². The van der Waals surface area contributed by atoms with Crippen LogP contribution in [0.1, 0.15) is 19.8 Å². The lowest BCUT2D eigenvalue weighted by molar-refractivity contribution is -0.132. The molecule has 1 amide bonds. The third kappa shape index (κ3) is 4.32. The zero-order valence-electron chi connectivity index (χ0n) is 9.88. The van der Waals surface area contributed by atoms with Crippen molar-refractivity contribution in [1.82, 2.24) is 4.31 Å². The average Bonchev–Trinajstić information content (AvgIpc) is 2.21. The number of carbonyl (C=O) groups excluding carboxylic acids is 1. The number of allylic oxidation sites excluding steroid dienone is 1. The molecule has 1 N–H and O–H groups in total. The maximum Gasteiger partial charge on any atom is 0.241 e. The van der Waals surface area contributed by atoms with Crippen molar-refractivity contribution in [1.29, 1.82) is 0 Å². The van der Waals surface area contributed by atoms with Crippen LogP contribution in [0, 0.1) is 5.92 Å². The van der Waals surface area contributed by atoms with Gasteiger partial charge in [0.1, 0.15) is 0 Å². The second-order valence-electron chi connectivity index (χ2n) is 3.79. The molecule has 0 aliphatic carbocycles. The maximum atomic E-state index is 11.7. The van der Waals surface area contributed by atoms with E-state index in [2.05, 4.69) is 6.58 Å². The van der Waals surface area contributed by atoms with E-state index < -0.39 is 28.0 Å². The van der Waals surface area contributed by atoms with Crippen LogP contribution in [0.5, 0.6) is 0 Å². The van der Waals surface area contributed by atoms with Crippen LogP contribution >= 0.6 is 0 Å². The summed E-state index contributed by atoms with van der Waals surface area (Å²) in [5.74, 6) is -1.33. The summed E-state index contributed by atoms with van der Waals surface area (Å²) in [5.41, 5.74) is 0. The minimum absolute atomic E-state index is 0.397. The first-order valence-corrected chi connectivity index (χ1v) is 6.83. The highest BCUT2D eigenvalue weighted by molar-refractivity contribution is 7.88. The van der Waals surface area contributed by atoms with Gasteiger partial charge in [-0.05, 0) is 12.8 Å². The lowest BCUT2D eigenvalue weighted by atomic mass is 10.00. The topological polar surface area (TPSA) is 74.7 Å². The number of hydrogen-bond donors (Lipinski definition) is 1. The van der Waals surface area contributed by atoms with Crippen molar-refractivity contribution >= 4 is 15.9 Å². The van der Waals surface area contributed by atoms with E-state index in [9.17, 15) is 18.3 Å². The zero-order valence-corrected chi connectivity index (χ0v) is 10.7. The summed E-state index contributed by atoms with van der Waals surface area (Å²) < 4.78 is 22.9. The van der Waals surface area contributed by atoms with Crippen molar-refractivity contribution in [3.63, 3.8) is 0 Å². The molecule has 0 aromatic rings. The smallest absolute Gasteiger partial charge is 0.241 e. The van der Waals surface area contributed by atoms with Gasteiger partial charge in [0.25, 0.3) is 0 Å². The highest BCUT2D eigenvalue weighted by atomic mass is 32.2. The van der Waals surface area contributed by atoms with E-state index in [1.165, 1.54) is 14.0 Å². The SMILES string of the molecule is C=CCCC(O)C(C)C(=O)N(C)S(C)(=O)=O. The Morgan fingerprint density at radius 2 is 2.06 bits per heavy atom. The number of amides is 1. The number of aliphatic hydroxyl groups is 1. The summed E-state index contributed by atoms with van der Waals surface area (Å²) in [7, 11) is -2.36. The van der Waals surface area contributed by atoms with Crippen molar-refractivity contribution in [2.45, 2.75) is 25.9 Å². The highest BCUT2D eigenvalue weighted by Gasteiger charge is 2.28. The summed E-state index contributed by atoms with van der Waals surface area (Å²) >= 11 is 0. The number of rotatable bonds is 6. The Hall–Kier alpha value is -0.880. The van der Waals surface area contributed by atoms with Crippen LogP contribution < -0.4 is 0 Å². The molecule has 0 heterocycles. The maximum absolute atomic E-state index is 11.7. The van der Waals surface area contributed by atoms with Gasteiger partial charge < -0.3 is 5.11 Å². The van der Waals surface area contributed by atoms with Gasteiger partial charge in [0, 0.05) is 7.05 Å². The molecular formula is C10H19NO4S. The molecule has 0 rings (SSSR count). The Labute approximate surface area is 96.8 Å². The third-order valence-electron chi connectivity index (χ3n) is 2.44. The fraction of sp³-hybridized carbons (Fsp3) is 0.700. The second kappa shape index (κ2) is 6.00. The molecule has 0 saturated heterocycles. The van der Waals surface area contributed by atoms with E-state index >= 15 is 0 Å². The molecule has 0 fully saturated rings. The minimum atomic E-state index is -3.55. The van der Waals surface area contributed by atoms with Crippen LogP contribution in [-0.4, -0.2) is 43.1 Å². The Balaban J connectivity index is 4.55. The van der Waals surface area contributed by atoms with E-state index in [1.807, 2.05) is 0 Å². The van der Waals surface area contributed by atoms with Crippen LogP contribution in [0.15, 0.2) is 12.7 Å². The van der Waals surface area contributed by atoms with Gasteiger partial charge in [0.15, 0.2) is 0 Å². The lowest BCUT2D eigenvalue weighted by Crippen LogP contribution is -2.40. The Morgan fingerprint density at radius 1 is 1.56 bits per heavy atom. The van der Waals surface area contributed by atoms with Crippen molar-refractivity contribution in [3.8, 4) is 0 Å². The standard InChI is InChI=1S/C10H19NO4S/c1-5-6-7-9(12)8(2)10(13)11(3)16(4,14)15/h5,8-9,12H,1,6-7H2,2-4H3. The van der Waals surface area contributed by atoms with Crippen LogP contribution in [0.3, 0.4) is 0 Å². The average molecular weight is 249 g/mol. The normalized spacial score (nSPS) is 15.2. The fourth-order valence-electron chi connectivity index (χ4n) is 1.15. The number of nitrogens with zero attached hydrogens (tertiary/aromatic N) is 1. The number of carbonyl (C=O) groups is 1. The van der Waals surface area contributed by atoms with Gasteiger partial charge in [0.05, 0.1) is 18.3 Å². The van der Waals surface area contributed by atoms with Crippen LogP contribution in [0.4, 0.5) is 0 Å². The van der Waals surface area contributed by atoms with Gasteiger partial charge in [-0.3, -0.25) is 4.79 Å². The van der Waals surface area contributed by atoms with Gasteiger partial charge in [-0.25, -0.2) is 12.7 Å². The first-order valence-electron chi connectivity index (χ1n) is 4.98. The third-order valence-corrected chi connectivity index (χ3v) is 3.62. The van der Waals surface area contributed by atoms with Crippen molar-refractivity contribution in [2.24, 2.45) is 5.92 Å². The molecule has 0 aromatic carbocycles. The van der Waals surface area contributed by atoms with Crippen LogP contribution in [-0.2, 0) is 14.8 Å². The fourth-order valence-corrected chi connectivity index (χ4v) is 1.65. The summed E-state index contributed by atoms with van der Waals surface area (Å²) in [6.45, 7) is 5.02. The predicted octanol–water partition coefficient (Wildman–Crippen LogP) is 0.368. The van der Waals surface area contributed by atoms with E-state index in [1.54, 1.807) is 6.08 Å². The Kier molecular flexibility index (Phi) is 5.67. The monoisotopic (exact) mass is 249 g/mol. The number of aliphatic hydroxyl groups excluding tert-OH is 1. The molecule has 2 unspecified atom stereocenters. The summed E-state index contributed by atoms with van der Waals surface area (Å²) in [6, 6.07) is 0. The molecule has 0 aliphatic heterocycles. The molecule has 0 aromatic heterocycles. The largest absolute Gasteiger partial charge is 0.392 e. The van der Waals surface area contributed by atoms with Gasteiger partial charge in [-0.1, -0.05) is 13.0 Å². The summed E-state index contributed by atoms with van der Waals surface area (Å²) in [6.07, 6.45) is 2.72. The van der Waals surface area contributed by atoms with Gasteiger partial charge in [-0.2, -0.15) is 0 Å². The molecule has 2 atom stereocenters. The van der Waals surface area contributed by atoms with Crippen molar-refractivity contribution in [3.05, 3.63) is 12.7 Å². The van der Waals surface area contributed by atoms with E-state index in [4.69, 9.17) is 0 Å². The van der Waals surface area contributed by atoms with Crippen LogP contribution in [0.2, 0.25) is 0 Å². The number of sulfonamides is 1. The molecular weight excluding hydrogens is 230 g/mol. The van der Waals surface area contributed by atoms with Crippen LogP contribution in [0.25, 0.3) is 0 Å². The number of hydrogen-bond acceptors (Lipinski definition) is 4. The molecule has 0 radical (unpaired) electrons. The molecule has 6 heteroatoms. The first kappa shape index (κ1) is 15.1. The summed E-state index contributed by atoms with van der Waals surface area (Å²) in [4.78, 5) is 11.7. The zero-order chi connectivity index (χ0) is 12.9. The lowest BCUT2D eigenvalue weighted by Gasteiger charge is -2.22. The molecule has 0 aliphatic rings. The van der Waals surface area contributed by atoms with Gasteiger partial charge >= 0.3 is 0 Å². The van der Waals surface area contributed by atoms with Gasteiger partial charge in [0.2, 0.25) is 15.9 Å².